The molecule has 0 bridgehead atoms. The number of carbonyl (C=O) groups is 1. The molecule has 0 saturated heterocycles. The van der Waals surface area contributed by atoms with Crippen LogP contribution in [0, 0.1) is 0 Å². The SMILES string of the molecule is CCOc1ccc(S(=O)(=O)Nc2cccc(C(=O)Nc3cccc(COC(C)C)c3)c2)cc1. The molecule has 0 heterocycles. The maximum atomic E-state index is 12.7. The lowest BCUT2D eigenvalue weighted by Crippen LogP contribution is -2.15. The highest BCUT2D eigenvalue weighted by atomic mass is 32.2. The molecule has 0 aromatic heterocycles. The fourth-order valence-electron chi connectivity index (χ4n) is 3.02. The van der Waals surface area contributed by atoms with Gasteiger partial charge in [0, 0.05) is 16.9 Å². The zero-order valence-corrected chi connectivity index (χ0v) is 19.7. The third-order valence-corrected chi connectivity index (χ3v) is 5.99. The van der Waals surface area contributed by atoms with Crippen LogP contribution in [0.3, 0.4) is 0 Å². The molecule has 0 saturated carbocycles. The second-order valence-corrected chi connectivity index (χ2v) is 9.29. The van der Waals surface area contributed by atoms with Crippen LogP contribution in [0.4, 0.5) is 11.4 Å². The van der Waals surface area contributed by atoms with Crippen LogP contribution in [0.25, 0.3) is 0 Å². The smallest absolute Gasteiger partial charge is 0.261 e. The molecule has 8 heteroatoms. The lowest BCUT2D eigenvalue weighted by atomic mass is 10.1. The van der Waals surface area contributed by atoms with E-state index in [-0.39, 0.29) is 22.6 Å². The third kappa shape index (κ3) is 7.06. The van der Waals surface area contributed by atoms with Gasteiger partial charge in [0.15, 0.2) is 0 Å². The molecule has 0 fully saturated rings. The molecule has 0 radical (unpaired) electrons. The molecule has 3 aromatic carbocycles. The number of hydrogen-bond donors (Lipinski definition) is 2. The highest BCUT2D eigenvalue weighted by Crippen LogP contribution is 2.21. The zero-order chi connectivity index (χ0) is 23.8. The number of rotatable bonds is 10. The molecule has 2 N–H and O–H groups in total. The van der Waals surface area contributed by atoms with Gasteiger partial charge in [0.05, 0.1) is 24.2 Å². The standard InChI is InChI=1S/C25H28N2O5S/c1-4-31-23-11-13-24(14-12-23)33(29,30)27-22-10-6-8-20(16-22)25(28)26-21-9-5-7-19(15-21)17-32-18(2)3/h5-16,18,27H,4,17H2,1-3H3,(H,26,28). The molecule has 7 nitrogen and oxygen atoms in total. The van der Waals surface area contributed by atoms with Crippen molar-refractivity contribution in [2.75, 3.05) is 16.6 Å². The van der Waals surface area contributed by atoms with Gasteiger partial charge in [0.25, 0.3) is 15.9 Å². The summed E-state index contributed by atoms with van der Waals surface area (Å²) in [4.78, 5) is 12.8. The van der Waals surface area contributed by atoms with Crippen molar-refractivity contribution in [3.63, 3.8) is 0 Å². The van der Waals surface area contributed by atoms with Gasteiger partial charge in [0.2, 0.25) is 0 Å². The van der Waals surface area contributed by atoms with Gasteiger partial charge in [-0.2, -0.15) is 0 Å². The van der Waals surface area contributed by atoms with Gasteiger partial charge in [-0.1, -0.05) is 18.2 Å². The normalized spacial score (nSPS) is 11.3. The zero-order valence-electron chi connectivity index (χ0n) is 18.9. The average Bonchev–Trinajstić information content (AvgIpc) is 2.78. The lowest BCUT2D eigenvalue weighted by Gasteiger charge is -2.12. The minimum absolute atomic E-state index is 0.0984. The van der Waals surface area contributed by atoms with E-state index < -0.39 is 10.0 Å². The molecule has 0 unspecified atom stereocenters. The number of amides is 1. The van der Waals surface area contributed by atoms with Gasteiger partial charge in [-0.3, -0.25) is 9.52 Å². The van der Waals surface area contributed by atoms with Gasteiger partial charge >= 0.3 is 0 Å². The molecule has 174 valence electrons. The fourth-order valence-corrected chi connectivity index (χ4v) is 4.07. The molecule has 1 amide bonds. The van der Waals surface area contributed by atoms with Gasteiger partial charge in [-0.05, 0) is 80.9 Å². The Balaban J connectivity index is 1.70. The van der Waals surface area contributed by atoms with Crippen LogP contribution in [0.5, 0.6) is 5.75 Å². The van der Waals surface area contributed by atoms with Gasteiger partial charge < -0.3 is 14.8 Å². The van der Waals surface area contributed by atoms with Crippen molar-refractivity contribution >= 4 is 27.3 Å². The third-order valence-electron chi connectivity index (χ3n) is 4.59. The highest BCUT2D eigenvalue weighted by Gasteiger charge is 2.15. The summed E-state index contributed by atoms with van der Waals surface area (Å²) in [5, 5.41) is 2.84. The summed E-state index contributed by atoms with van der Waals surface area (Å²) in [7, 11) is -3.82. The summed E-state index contributed by atoms with van der Waals surface area (Å²) in [6.45, 7) is 6.72. The Morgan fingerprint density at radius 2 is 1.64 bits per heavy atom. The van der Waals surface area contributed by atoms with Gasteiger partial charge in [-0.25, -0.2) is 8.42 Å². The largest absolute Gasteiger partial charge is 0.494 e. The Labute approximate surface area is 194 Å². The molecule has 3 rings (SSSR count). The molecule has 0 atom stereocenters. The number of ether oxygens (including phenoxy) is 2. The number of sulfonamides is 1. The van der Waals surface area contributed by atoms with Crippen molar-refractivity contribution in [1.82, 2.24) is 0 Å². The summed E-state index contributed by atoms with van der Waals surface area (Å²) in [6.07, 6.45) is 0.109. The van der Waals surface area contributed by atoms with Crippen molar-refractivity contribution in [2.45, 2.75) is 38.4 Å². The monoisotopic (exact) mass is 468 g/mol. The highest BCUT2D eigenvalue weighted by molar-refractivity contribution is 7.92. The molecule has 0 aliphatic heterocycles. The van der Waals surface area contributed by atoms with Crippen LogP contribution in [-0.2, 0) is 21.4 Å². The molecular weight excluding hydrogens is 440 g/mol. The topological polar surface area (TPSA) is 93.7 Å². The Morgan fingerprint density at radius 3 is 2.33 bits per heavy atom. The van der Waals surface area contributed by atoms with Crippen molar-refractivity contribution in [2.24, 2.45) is 0 Å². The molecule has 0 aliphatic rings. The van der Waals surface area contributed by atoms with Crippen molar-refractivity contribution < 1.29 is 22.7 Å². The molecule has 33 heavy (non-hydrogen) atoms. The van der Waals surface area contributed by atoms with Crippen LogP contribution in [0.1, 0.15) is 36.7 Å². The second kappa shape index (κ2) is 11.0. The number of anilines is 2. The van der Waals surface area contributed by atoms with E-state index in [9.17, 15) is 13.2 Å². The van der Waals surface area contributed by atoms with Crippen LogP contribution in [0.15, 0.2) is 77.7 Å². The number of hydrogen-bond acceptors (Lipinski definition) is 5. The summed E-state index contributed by atoms with van der Waals surface area (Å²) in [5.74, 6) is 0.244. The first kappa shape index (κ1) is 24.3. The van der Waals surface area contributed by atoms with Crippen LogP contribution in [0.2, 0.25) is 0 Å². The minimum Gasteiger partial charge on any atom is -0.494 e. The van der Waals surface area contributed by atoms with E-state index in [1.54, 1.807) is 36.4 Å². The molecule has 3 aromatic rings. The number of benzene rings is 3. The van der Waals surface area contributed by atoms with Crippen LogP contribution < -0.4 is 14.8 Å². The Hall–Kier alpha value is -3.36. The summed E-state index contributed by atoms with van der Waals surface area (Å²) >= 11 is 0. The first-order valence-electron chi connectivity index (χ1n) is 10.6. The van der Waals surface area contributed by atoms with E-state index in [0.717, 1.165) is 5.56 Å². The first-order chi connectivity index (χ1) is 15.8. The molecular formula is C25H28N2O5S. The molecule has 0 aliphatic carbocycles. The van der Waals surface area contributed by atoms with E-state index in [1.165, 1.54) is 18.2 Å². The average molecular weight is 469 g/mol. The van der Waals surface area contributed by atoms with Crippen LogP contribution >= 0.6 is 0 Å². The lowest BCUT2D eigenvalue weighted by molar-refractivity contribution is 0.0657. The fraction of sp³-hybridized carbons (Fsp3) is 0.240. The maximum absolute atomic E-state index is 12.7. The van der Waals surface area contributed by atoms with Crippen molar-refractivity contribution in [1.29, 1.82) is 0 Å². The van der Waals surface area contributed by atoms with Crippen molar-refractivity contribution in [3.8, 4) is 5.75 Å². The van der Waals surface area contributed by atoms with E-state index in [2.05, 4.69) is 10.0 Å². The summed E-state index contributed by atoms with van der Waals surface area (Å²) < 4.78 is 38.9. The predicted octanol–water partition coefficient (Wildman–Crippen LogP) is 5.06. The molecule has 0 spiro atoms. The number of carbonyl (C=O) groups excluding carboxylic acids is 1. The predicted molar refractivity (Wildman–Crippen MR) is 129 cm³/mol. The quantitative estimate of drug-likeness (QED) is 0.434. The maximum Gasteiger partial charge on any atom is 0.261 e. The van der Waals surface area contributed by atoms with E-state index >= 15 is 0 Å². The van der Waals surface area contributed by atoms with E-state index in [0.29, 0.717) is 30.2 Å². The van der Waals surface area contributed by atoms with Gasteiger partial charge in [0.1, 0.15) is 5.75 Å². The Bertz CT molecular complexity index is 1190. The summed E-state index contributed by atoms with van der Waals surface area (Å²) in [5.41, 5.74) is 2.19. The van der Waals surface area contributed by atoms with Crippen LogP contribution in [-0.4, -0.2) is 27.0 Å². The minimum atomic E-state index is -3.82. The Kier molecular flexibility index (Phi) is 8.08. The Morgan fingerprint density at radius 1 is 0.939 bits per heavy atom. The van der Waals surface area contributed by atoms with E-state index in [4.69, 9.17) is 9.47 Å². The van der Waals surface area contributed by atoms with Crippen molar-refractivity contribution in [3.05, 3.63) is 83.9 Å². The van der Waals surface area contributed by atoms with E-state index in [1.807, 2.05) is 39.0 Å². The summed E-state index contributed by atoms with van der Waals surface area (Å²) in [6, 6.07) is 19.9. The first-order valence-corrected chi connectivity index (χ1v) is 12.1. The second-order valence-electron chi connectivity index (χ2n) is 7.60. The number of nitrogens with one attached hydrogen (secondary N) is 2. The van der Waals surface area contributed by atoms with Gasteiger partial charge in [-0.15, -0.1) is 0 Å².